The Balaban J connectivity index is 3.52. The van der Waals surface area contributed by atoms with E-state index in [9.17, 15) is 0 Å². The molecule has 0 fully saturated rings. The van der Waals surface area contributed by atoms with Gasteiger partial charge in [0, 0.05) is 0 Å². The highest BCUT2D eigenvalue weighted by Crippen LogP contribution is 2.21. The van der Waals surface area contributed by atoms with Crippen molar-refractivity contribution in [3.63, 3.8) is 0 Å². The summed E-state index contributed by atoms with van der Waals surface area (Å²) in [6.07, 6.45) is 14.1. The van der Waals surface area contributed by atoms with Gasteiger partial charge in [-0.25, -0.2) is 0 Å². The van der Waals surface area contributed by atoms with Gasteiger partial charge in [-0.05, 0) is 37.5 Å². The molecule has 0 spiro atoms. The van der Waals surface area contributed by atoms with Crippen LogP contribution in [-0.2, 0) is 0 Å². The van der Waals surface area contributed by atoms with E-state index >= 15 is 0 Å². The summed E-state index contributed by atoms with van der Waals surface area (Å²) in [5.41, 5.74) is 1.34. The van der Waals surface area contributed by atoms with Crippen molar-refractivity contribution in [2.45, 2.75) is 92.4 Å². The molecule has 0 aliphatic heterocycles. The van der Waals surface area contributed by atoms with Crippen LogP contribution in [0.2, 0.25) is 0 Å². The van der Waals surface area contributed by atoms with E-state index in [0.29, 0.717) is 0 Å². The number of aliphatic hydroxyl groups is 1. The van der Waals surface area contributed by atoms with E-state index in [1.54, 1.807) is 0 Å². The molecule has 1 unspecified atom stereocenters. The molecule has 2 atom stereocenters. The van der Waals surface area contributed by atoms with Gasteiger partial charge in [0.05, 0.1) is 6.61 Å². The van der Waals surface area contributed by atoms with Crippen LogP contribution in [0.15, 0.2) is 11.6 Å². The molecule has 1 nitrogen and oxygen atoms in total. The molecular formula is C20H40O. The second kappa shape index (κ2) is 13.4. The van der Waals surface area contributed by atoms with Gasteiger partial charge < -0.3 is 5.11 Å². The van der Waals surface area contributed by atoms with Crippen molar-refractivity contribution >= 4 is 0 Å². The number of hydrogen-bond donors (Lipinski definition) is 1. The van der Waals surface area contributed by atoms with Crippen molar-refractivity contribution in [2.75, 3.05) is 6.61 Å². The van der Waals surface area contributed by atoms with Crippen LogP contribution in [0.5, 0.6) is 0 Å². The fraction of sp³-hybridized carbons (Fsp3) is 0.900. The minimum atomic E-state index is 0.191. The van der Waals surface area contributed by atoms with Gasteiger partial charge in [0.1, 0.15) is 0 Å². The summed E-state index contributed by atoms with van der Waals surface area (Å²) < 4.78 is 0. The lowest BCUT2D eigenvalue weighted by molar-refractivity contribution is 0.341. The number of aliphatic hydroxyl groups excluding tert-OH is 1. The van der Waals surface area contributed by atoms with Crippen molar-refractivity contribution in [2.24, 2.45) is 17.8 Å². The molecule has 0 heterocycles. The average molecular weight is 297 g/mol. The van der Waals surface area contributed by atoms with Gasteiger partial charge in [0.2, 0.25) is 0 Å². The molecule has 0 saturated carbocycles. The SMILES string of the molecule is C/C(=C\CO)CCC[C@H](C)CCCC(C)CCCC(C)C. The highest BCUT2D eigenvalue weighted by molar-refractivity contribution is 4.97. The quantitative estimate of drug-likeness (QED) is 0.392. The van der Waals surface area contributed by atoms with E-state index in [1.165, 1.54) is 56.9 Å². The molecule has 0 rings (SSSR count). The molecule has 0 saturated heterocycles. The van der Waals surface area contributed by atoms with Crippen molar-refractivity contribution in [3.05, 3.63) is 11.6 Å². The van der Waals surface area contributed by atoms with E-state index in [4.69, 9.17) is 5.11 Å². The Hall–Kier alpha value is -0.300. The van der Waals surface area contributed by atoms with Crippen LogP contribution in [0, 0.1) is 17.8 Å². The molecule has 0 aromatic carbocycles. The molecular weight excluding hydrogens is 256 g/mol. The second-order valence-electron chi connectivity index (χ2n) is 7.59. The van der Waals surface area contributed by atoms with Crippen molar-refractivity contribution in [1.82, 2.24) is 0 Å². The lowest BCUT2D eigenvalue weighted by Crippen LogP contribution is -2.00. The Bertz CT molecular complexity index is 255. The molecule has 0 amide bonds. The Morgan fingerprint density at radius 1 is 0.810 bits per heavy atom. The fourth-order valence-corrected chi connectivity index (χ4v) is 2.97. The first-order valence-corrected chi connectivity index (χ1v) is 9.22. The Kier molecular flexibility index (Phi) is 13.2. The van der Waals surface area contributed by atoms with Crippen LogP contribution in [0.3, 0.4) is 0 Å². The zero-order chi connectivity index (χ0) is 16.1. The van der Waals surface area contributed by atoms with Crippen LogP contribution in [0.1, 0.15) is 92.4 Å². The number of rotatable bonds is 13. The minimum absolute atomic E-state index is 0.191. The Morgan fingerprint density at radius 2 is 1.29 bits per heavy atom. The average Bonchev–Trinajstić information content (AvgIpc) is 2.38. The maximum atomic E-state index is 8.83. The van der Waals surface area contributed by atoms with Gasteiger partial charge >= 0.3 is 0 Å². The van der Waals surface area contributed by atoms with Gasteiger partial charge in [0.25, 0.3) is 0 Å². The van der Waals surface area contributed by atoms with E-state index in [-0.39, 0.29) is 6.61 Å². The topological polar surface area (TPSA) is 20.2 Å². The first kappa shape index (κ1) is 20.7. The van der Waals surface area contributed by atoms with Crippen LogP contribution < -0.4 is 0 Å². The molecule has 0 aliphatic rings. The van der Waals surface area contributed by atoms with Crippen molar-refractivity contribution < 1.29 is 5.11 Å². The van der Waals surface area contributed by atoms with E-state index in [1.807, 2.05) is 6.08 Å². The Morgan fingerprint density at radius 3 is 1.76 bits per heavy atom. The van der Waals surface area contributed by atoms with Gasteiger partial charge in [-0.1, -0.05) is 84.3 Å². The third-order valence-corrected chi connectivity index (χ3v) is 4.58. The zero-order valence-corrected chi connectivity index (χ0v) is 15.3. The molecule has 126 valence electrons. The summed E-state index contributed by atoms with van der Waals surface area (Å²) in [4.78, 5) is 0. The normalized spacial score (nSPS) is 15.5. The largest absolute Gasteiger partial charge is 0.392 e. The van der Waals surface area contributed by atoms with Gasteiger partial charge in [-0.3, -0.25) is 0 Å². The monoisotopic (exact) mass is 296 g/mol. The maximum absolute atomic E-state index is 8.83. The van der Waals surface area contributed by atoms with E-state index in [0.717, 1.165) is 24.2 Å². The second-order valence-corrected chi connectivity index (χ2v) is 7.59. The summed E-state index contributed by atoms with van der Waals surface area (Å²) in [5, 5.41) is 8.83. The zero-order valence-electron chi connectivity index (χ0n) is 15.3. The fourth-order valence-electron chi connectivity index (χ4n) is 2.97. The smallest absolute Gasteiger partial charge is 0.0614 e. The summed E-state index contributed by atoms with van der Waals surface area (Å²) in [6, 6.07) is 0. The first-order chi connectivity index (χ1) is 9.95. The van der Waals surface area contributed by atoms with E-state index in [2.05, 4.69) is 34.6 Å². The van der Waals surface area contributed by atoms with Gasteiger partial charge in [-0.15, -0.1) is 0 Å². The van der Waals surface area contributed by atoms with Crippen LogP contribution in [0.4, 0.5) is 0 Å². The highest BCUT2D eigenvalue weighted by atomic mass is 16.2. The van der Waals surface area contributed by atoms with Crippen molar-refractivity contribution in [3.8, 4) is 0 Å². The lowest BCUT2D eigenvalue weighted by Gasteiger charge is -2.15. The van der Waals surface area contributed by atoms with Gasteiger partial charge in [0.15, 0.2) is 0 Å². The lowest BCUT2D eigenvalue weighted by atomic mass is 9.91. The predicted octanol–water partition coefficient (Wildman–Crippen LogP) is 6.36. The molecule has 21 heavy (non-hydrogen) atoms. The molecule has 0 aromatic heterocycles. The van der Waals surface area contributed by atoms with Crippen molar-refractivity contribution in [1.29, 1.82) is 0 Å². The number of hydrogen-bond acceptors (Lipinski definition) is 1. The molecule has 0 aliphatic carbocycles. The summed E-state index contributed by atoms with van der Waals surface area (Å²) in [5.74, 6) is 2.63. The standard InChI is InChI=1S/C20H40O/c1-17(2)9-6-10-18(3)11-7-12-19(4)13-8-14-20(5)15-16-21/h15,17-19,21H,6-14,16H2,1-5H3/b20-15+/t18?,19-/m1/s1. The molecule has 1 heteroatoms. The number of allylic oxidation sites excluding steroid dienone is 1. The summed E-state index contributed by atoms with van der Waals surface area (Å²) in [7, 11) is 0. The van der Waals surface area contributed by atoms with Crippen LogP contribution >= 0.6 is 0 Å². The third kappa shape index (κ3) is 14.4. The first-order valence-electron chi connectivity index (χ1n) is 9.22. The highest BCUT2D eigenvalue weighted by Gasteiger charge is 2.06. The predicted molar refractivity (Wildman–Crippen MR) is 95.6 cm³/mol. The van der Waals surface area contributed by atoms with Crippen LogP contribution in [-0.4, -0.2) is 11.7 Å². The van der Waals surface area contributed by atoms with Gasteiger partial charge in [-0.2, -0.15) is 0 Å². The molecule has 1 N–H and O–H groups in total. The molecule has 0 aromatic rings. The van der Waals surface area contributed by atoms with E-state index < -0.39 is 0 Å². The molecule has 0 bridgehead atoms. The summed E-state index contributed by atoms with van der Waals surface area (Å²) >= 11 is 0. The third-order valence-electron chi connectivity index (χ3n) is 4.58. The minimum Gasteiger partial charge on any atom is -0.392 e. The van der Waals surface area contributed by atoms with Crippen LogP contribution in [0.25, 0.3) is 0 Å². The summed E-state index contributed by atoms with van der Waals surface area (Å²) in [6.45, 7) is 11.8. The Labute approximate surface area is 134 Å². The molecule has 0 radical (unpaired) electrons. The maximum Gasteiger partial charge on any atom is 0.0614 e.